The molecule has 0 radical (unpaired) electrons. The van der Waals surface area contributed by atoms with Crippen molar-refractivity contribution in [3.05, 3.63) is 71.1 Å². The fourth-order valence-corrected chi connectivity index (χ4v) is 3.40. The molecule has 0 unspecified atom stereocenters. The van der Waals surface area contributed by atoms with E-state index in [9.17, 15) is 0 Å². The minimum absolute atomic E-state index is 0.211. The van der Waals surface area contributed by atoms with Crippen molar-refractivity contribution in [1.82, 2.24) is 20.8 Å². The lowest BCUT2D eigenvalue weighted by molar-refractivity contribution is 0.375. The van der Waals surface area contributed by atoms with Gasteiger partial charge in [-0.25, -0.2) is 0 Å². The second kappa shape index (κ2) is 8.02. The highest BCUT2D eigenvalue weighted by molar-refractivity contribution is 6.30. The summed E-state index contributed by atoms with van der Waals surface area (Å²) in [6, 6.07) is 18.0. The molecule has 6 nitrogen and oxygen atoms in total. The van der Waals surface area contributed by atoms with Gasteiger partial charge in [0.25, 0.3) is 0 Å². The number of guanidine groups is 1. The number of hydrogen-bond acceptors (Lipinski definition) is 4. The molecule has 0 saturated heterocycles. The first kappa shape index (κ1) is 18.5. The quantitative estimate of drug-likeness (QED) is 0.490. The van der Waals surface area contributed by atoms with Crippen LogP contribution in [0.2, 0.25) is 5.02 Å². The fourth-order valence-electron chi connectivity index (χ4n) is 3.21. The summed E-state index contributed by atoms with van der Waals surface area (Å²) < 4.78 is 5.33. The summed E-state index contributed by atoms with van der Waals surface area (Å²) in [6.07, 6.45) is 2.38. The number of aromatic nitrogens is 2. The van der Waals surface area contributed by atoms with Gasteiger partial charge in [-0.15, -0.1) is 0 Å². The largest absolute Gasteiger partial charge is 0.356 e. The monoisotopic (exact) mass is 395 g/mol. The van der Waals surface area contributed by atoms with Gasteiger partial charge >= 0.3 is 0 Å². The highest BCUT2D eigenvalue weighted by atomic mass is 35.5. The molecular formula is C21H22ClN5O. The van der Waals surface area contributed by atoms with Gasteiger partial charge in [0, 0.05) is 29.6 Å². The molecule has 1 aliphatic carbocycles. The number of hydrogen-bond donors (Lipinski definition) is 2. The highest BCUT2D eigenvalue weighted by Gasteiger charge is 2.43. The number of halogens is 1. The van der Waals surface area contributed by atoms with Gasteiger partial charge in [0.05, 0.1) is 6.54 Å². The molecule has 1 aromatic heterocycles. The molecule has 7 heteroatoms. The lowest BCUT2D eigenvalue weighted by Crippen LogP contribution is -2.40. The van der Waals surface area contributed by atoms with Crippen molar-refractivity contribution in [2.24, 2.45) is 4.99 Å². The van der Waals surface area contributed by atoms with E-state index in [-0.39, 0.29) is 5.41 Å². The minimum atomic E-state index is 0.211. The number of nitrogens with one attached hydrogen (secondary N) is 2. The zero-order valence-corrected chi connectivity index (χ0v) is 16.4. The second-order valence-corrected chi connectivity index (χ2v) is 7.38. The van der Waals surface area contributed by atoms with Crippen molar-refractivity contribution >= 4 is 17.6 Å². The Hall–Kier alpha value is -2.86. The van der Waals surface area contributed by atoms with Gasteiger partial charge in [-0.1, -0.05) is 59.2 Å². The topological polar surface area (TPSA) is 75.3 Å². The first-order valence-corrected chi connectivity index (χ1v) is 9.65. The Balaban J connectivity index is 1.33. The zero-order chi connectivity index (χ0) is 19.4. The Kier molecular flexibility index (Phi) is 5.30. The molecule has 1 heterocycles. The number of aliphatic imine (C=N–C) groups is 1. The van der Waals surface area contributed by atoms with Crippen LogP contribution in [0, 0.1) is 0 Å². The van der Waals surface area contributed by atoms with Crippen LogP contribution in [0.3, 0.4) is 0 Å². The van der Waals surface area contributed by atoms with Crippen LogP contribution in [0.25, 0.3) is 11.4 Å². The van der Waals surface area contributed by atoms with Crippen LogP contribution in [-0.4, -0.2) is 29.7 Å². The Morgan fingerprint density at radius 2 is 1.96 bits per heavy atom. The van der Waals surface area contributed by atoms with Gasteiger partial charge in [-0.05, 0) is 30.5 Å². The molecule has 4 rings (SSSR count). The molecule has 1 aliphatic rings. The molecule has 0 spiro atoms. The van der Waals surface area contributed by atoms with Gasteiger partial charge in [0.2, 0.25) is 11.7 Å². The van der Waals surface area contributed by atoms with Crippen LogP contribution < -0.4 is 10.6 Å². The maximum absolute atomic E-state index is 6.02. The van der Waals surface area contributed by atoms with E-state index in [1.807, 2.05) is 24.3 Å². The molecule has 0 amide bonds. The maximum Gasteiger partial charge on any atom is 0.246 e. The molecule has 3 aromatic rings. The second-order valence-electron chi connectivity index (χ2n) is 6.95. The van der Waals surface area contributed by atoms with E-state index >= 15 is 0 Å². The zero-order valence-electron chi connectivity index (χ0n) is 15.7. The van der Waals surface area contributed by atoms with E-state index in [1.54, 1.807) is 7.05 Å². The van der Waals surface area contributed by atoms with E-state index in [2.05, 4.69) is 56.1 Å². The van der Waals surface area contributed by atoms with Gasteiger partial charge in [-0.2, -0.15) is 4.98 Å². The Labute approximate surface area is 169 Å². The van der Waals surface area contributed by atoms with E-state index in [4.69, 9.17) is 16.1 Å². The van der Waals surface area contributed by atoms with Crippen LogP contribution >= 0.6 is 11.6 Å². The summed E-state index contributed by atoms with van der Waals surface area (Å²) in [6.45, 7) is 1.24. The predicted octanol–water partition coefficient (Wildman–Crippen LogP) is 3.79. The fraction of sp³-hybridized carbons (Fsp3) is 0.286. The SMILES string of the molecule is CN=C(NCc1nc(-c2cccc(Cl)c2)no1)NCC1(c2ccccc2)CC1. The normalized spacial score (nSPS) is 15.3. The standard InChI is InChI=1S/C21H22ClN5O/c1-23-20(25-14-21(10-11-21)16-7-3-2-4-8-16)24-13-18-26-19(27-28-18)15-6-5-9-17(22)12-15/h2-9,12H,10-11,13-14H2,1H3,(H2,23,24,25). The third kappa shape index (κ3) is 4.17. The summed E-state index contributed by atoms with van der Waals surface area (Å²) in [5.41, 5.74) is 2.41. The average Bonchev–Trinajstić information content (AvgIpc) is 3.37. The Morgan fingerprint density at radius 1 is 1.14 bits per heavy atom. The molecule has 0 bridgehead atoms. The van der Waals surface area contributed by atoms with Crippen molar-refractivity contribution in [1.29, 1.82) is 0 Å². The van der Waals surface area contributed by atoms with Crippen LogP contribution in [0.15, 0.2) is 64.1 Å². The van der Waals surface area contributed by atoms with Crippen LogP contribution in [-0.2, 0) is 12.0 Å². The van der Waals surface area contributed by atoms with E-state index in [1.165, 1.54) is 18.4 Å². The lowest BCUT2D eigenvalue weighted by atomic mass is 9.96. The molecular weight excluding hydrogens is 374 g/mol. The predicted molar refractivity (Wildman–Crippen MR) is 110 cm³/mol. The summed E-state index contributed by atoms with van der Waals surface area (Å²) in [4.78, 5) is 8.71. The summed E-state index contributed by atoms with van der Waals surface area (Å²) >= 11 is 6.02. The third-order valence-electron chi connectivity index (χ3n) is 5.02. The van der Waals surface area contributed by atoms with Crippen LogP contribution in [0.4, 0.5) is 0 Å². The Bertz CT molecular complexity index is 966. The average molecular weight is 396 g/mol. The van der Waals surface area contributed by atoms with Gasteiger partial charge < -0.3 is 15.2 Å². The van der Waals surface area contributed by atoms with Crippen molar-refractivity contribution in [3.8, 4) is 11.4 Å². The van der Waals surface area contributed by atoms with Crippen LogP contribution in [0.1, 0.15) is 24.3 Å². The number of rotatable bonds is 6. The summed E-state index contributed by atoms with van der Waals surface area (Å²) in [7, 11) is 1.75. The molecule has 0 aliphatic heterocycles. The van der Waals surface area contributed by atoms with Gasteiger partial charge in [0.15, 0.2) is 5.96 Å². The highest BCUT2D eigenvalue weighted by Crippen LogP contribution is 2.47. The smallest absolute Gasteiger partial charge is 0.246 e. The summed E-state index contributed by atoms with van der Waals surface area (Å²) in [5, 5.41) is 11.3. The van der Waals surface area contributed by atoms with Crippen molar-refractivity contribution in [3.63, 3.8) is 0 Å². The minimum Gasteiger partial charge on any atom is -0.356 e. The first-order valence-electron chi connectivity index (χ1n) is 9.27. The van der Waals surface area contributed by atoms with Crippen LogP contribution in [0.5, 0.6) is 0 Å². The molecule has 144 valence electrons. The molecule has 1 fully saturated rings. The van der Waals surface area contributed by atoms with E-state index < -0.39 is 0 Å². The third-order valence-corrected chi connectivity index (χ3v) is 5.25. The van der Waals surface area contributed by atoms with Crippen molar-refractivity contribution < 1.29 is 4.52 Å². The van der Waals surface area contributed by atoms with Crippen molar-refractivity contribution in [2.45, 2.75) is 24.8 Å². The molecule has 28 heavy (non-hydrogen) atoms. The van der Waals surface area contributed by atoms with E-state index in [0.717, 1.165) is 12.1 Å². The van der Waals surface area contributed by atoms with E-state index in [0.29, 0.717) is 29.2 Å². The molecule has 1 saturated carbocycles. The maximum atomic E-state index is 6.02. The van der Waals surface area contributed by atoms with Crippen molar-refractivity contribution in [2.75, 3.05) is 13.6 Å². The number of nitrogens with zero attached hydrogens (tertiary/aromatic N) is 3. The number of benzene rings is 2. The molecule has 0 atom stereocenters. The first-order chi connectivity index (χ1) is 13.7. The molecule has 2 N–H and O–H groups in total. The lowest BCUT2D eigenvalue weighted by Gasteiger charge is -2.18. The van der Waals surface area contributed by atoms with Gasteiger partial charge in [0.1, 0.15) is 0 Å². The Morgan fingerprint density at radius 3 is 2.68 bits per heavy atom. The van der Waals surface area contributed by atoms with Gasteiger partial charge in [-0.3, -0.25) is 4.99 Å². The summed E-state index contributed by atoms with van der Waals surface area (Å²) in [5.74, 6) is 1.72. The molecule has 2 aromatic carbocycles.